The molecule has 1 N–H and O–H groups in total. The molecule has 2 aromatic rings. The van der Waals surface area contributed by atoms with Crippen LogP contribution in [0.2, 0.25) is 10.0 Å². The Bertz CT molecular complexity index is 730. The van der Waals surface area contributed by atoms with Gasteiger partial charge in [-0.1, -0.05) is 59.5 Å². The third-order valence-corrected chi connectivity index (χ3v) is 3.91. The number of carbonyl (C=O) groups is 1. The molecule has 0 aromatic heterocycles. The fraction of sp³-hybridized carbons (Fsp3) is 0.222. The molecule has 0 fully saturated rings. The molecule has 0 unspecified atom stereocenters. The predicted octanol–water partition coefficient (Wildman–Crippen LogP) is 4.93. The lowest BCUT2D eigenvalue weighted by molar-refractivity contribution is -0.126. The standard InChI is InChI=1S/C18H18Cl2N2O2/c1-3-13-4-6-14(7-5-13)11-21-24-12(2)18(23)22-17-9-8-15(19)10-16(17)20/h4-12H,3H2,1-2H3,(H,22,23)/b21-11-/t12-/m1/s1. The third-order valence-electron chi connectivity index (χ3n) is 3.37. The molecule has 0 bridgehead atoms. The number of aryl methyl sites for hydroxylation is 1. The first kappa shape index (κ1) is 18.3. The molecule has 6 heteroatoms. The molecule has 24 heavy (non-hydrogen) atoms. The van der Waals surface area contributed by atoms with Gasteiger partial charge in [0, 0.05) is 5.02 Å². The van der Waals surface area contributed by atoms with Crippen LogP contribution in [0.25, 0.3) is 0 Å². The van der Waals surface area contributed by atoms with Gasteiger partial charge in [0.25, 0.3) is 5.91 Å². The quantitative estimate of drug-likeness (QED) is 0.583. The molecule has 2 rings (SSSR count). The van der Waals surface area contributed by atoms with Crippen molar-refractivity contribution in [2.45, 2.75) is 26.4 Å². The maximum Gasteiger partial charge on any atom is 0.268 e. The van der Waals surface area contributed by atoms with E-state index in [-0.39, 0.29) is 5.91 Å². The maximum atomic E-state index is 12.1. The Kier molecular flexibility index (Phi) is 6.64. The summed E-state index contributed by atoms with van der Waals surface area (Å²) in [6, 6.07) is 12.8. The Morgan fingerprint density at radius 3 is 2.58 bits per heavy atom. The monoisotopic (exact) mass is 364 g/mol. The number of amides is 1. The van der Waals surface area contributed by atoms with E-state index < -0.39 is 6.10 Å². The normalized spacial score (nSPS) is 12.2. The summed E-state index contributed by atoms with van der Waals surface area (Å²) in [5, 5.41) is 7.39. The van der Waals surface area contributed by atoms with Crippen molar-refractivity contribution in [1.29, 1.82) is 0 Å². The van der Waals surface area contributed by atoms with Crippen molar-refractivity contribution in [2.75, 3.05) is 5.32 Å². The van der Waals surface area contributed by atoms with Gasteiger partial charge in [0.15, 0.2) is 0 Å². The number of hydrogen-bond donors (Lipinski definition) is 1. The topological polar surface area (TPSA) is 50.7 Å². The molecule has 0 aliphatic carbocycles. The van der Waals surface area contributed by atoms with Gasteiger partial charge in [-0.15, -0.1) is 0 Å². The lowest BCUT2D eigenvalue weighted by atomic mass is 10.1. The first-order chi connectivity index (χ1) is 11.5. The van der Waals surface area contributed by atoms with Crippen molar-refractivity contribution in [2.24, 2.45) is 5.16 Å². The Labute approximate surface area is 151 Å². The number of benzene rings is 2. The summed E-state index contributed by atoms with van der Waals surface area (Å²) >= 11 is 11.8. The molecule has 1 atom stereocenters. The van der Waals surface area contributed by atoms with E-state index in [1.807, 2.05) is 24.3 Å². The fourth-order valence-electron chi connectivity index (χ4n) is 1.90. The van der Waals surface area contributed by atoms with Crippen LogP contribution in [0.4, 0.5) is 5.69 Å². The van der Waals surface area contributed by atoms with E-state index >= 15 is 0 Å². The number of halogens is 2. The van der Waals surface area contributed by atoms with E-state index in [4.69, 9.17) is 28.0 Å². The van der Waals surface area contributed by atoms with Crippen LogP contribution in [0, 0.1) is 0 Å². The predicted molar refractivity (Wildman–Crippen MR) is 99.1 cm³/mol. The Morgan fingerprint density at radius 1 is 1.25 bits per heavy atom. The van der Waals surface area contributed by atoms with Crippen LogP contribution >= 0.6 is 23.2 Å². The molecule has 0 saturated heterocycles. The summed E-state index contributed by atoms with van der Waals surface area (Å²) in [6.07, 6.45) is 1.79. The molecule has 0 aliphatic heterocycles. The highest BCUT2D eigenvalue weighted by Gasteiger charge is 2.15. The van der Waals surface area contributed by atoms with E-state index in [1.54, 1.807) is 31.3 Å². The SMILES string of the molecule is CCc1ccc(/C=N\O[C@H](C)C(=O)Nc2ccc(Cl)cc2Cl)cc1. The van der Waals surface area contributed by atoms with E-state index in [9.17, 15) is 4.79 Å². The fourth-order valence-corrected chi connectivity index (χ4v) is 2.35. The highest BCUT2D eigenvalue weighted by molar-refractivity contribution is 6.36. The third kappa shape index (κ3) is 5.25. The molecular weight excluding hydrogens is 347 g/mol. The summed E-state index contributed by atoms with van der Waals surface area (Å²) < 4.78 is 0. The van der Waals surface area contributed by atoms with Crippen LogP contribution in [0.3, 0.4) is 0 Å². The van der Waals surface area contributed by atoms with Gasteiger partial charge in [-0.25, -0.2) is 0 Å². The number of nitrogens with one attached hydrogen (secondary N) is 1. The second-order valence-electron chi connectivity index (χ2n) is 5.19. The zero-order chi connectivity index (χ0) is 17.5. The van der Waals surface area contributed by atoms with Crippen LogP contribution in [-0.4, -0.2) is 18.2 Å². The van der Waals surface area contributed by atoms with Crippen LogP contribution in [0.1, 0.15) is 25.0 Å². The first-order valence-corrected chi connectivity index (χ1v) is 8.29. The largest absolute Gasteiger partial charge is 0.383 e. The molecule has 126 valence electrons. The van der Waals surface area contributed by atoms with Crippen molar-refractivity contribution in [3.63, 3.8) is 0 Å². The lowest BCUT2D eigenvalue weighted by Gasteiger charge is -2.11. The maximum absolute atomic E-state index is 12.1. The zero-order valence-corrected chi connectivity index (χ0v) is 14.9. The number of nitrogens with zero attached hydrogens (tertiary/aromatic N) is 1. The van der Waals surface area contributed by atoms with Gasteiger partial charge in [0.05, 0.1) is 16.9 Å². The Hall–Kier alpha value is -2.04. The minimum Gasteiger partial charge on any atom is -0.383 e. The van der Waals surface area contributed by atoms with E-state index in [0.29, 0.717) is 15.7 Å². The number of carbonyl (C=O) groups excluding carboxylic acids is 1. The van der Waals surface area contributed by atoms with E-state index in [2.05, 4.69) is 17.4 Å². The molecule has 0 radical (unpaired) electrons. The highest BCUT2D eigenvalue weighted by Crippen LogP contribution is 2.25. The molecule has 0 heterocycles. The average molecular weight is 365 g/mol. The van der Waals surface area contributed by atoms with Crippen LogP contribution in [0.15, 0.2) is 47.6 Å². The summed E-state index contributed by atoms with van der Waals surface area (Å²) in [4.78, 5) is 17.3. The van der Waals surface area contributed by atoms with Gasteiger partial charge in [-0.2, -0.15) is 0 Å². The number of hydrogen-bond acceptors (Lipinski definition) is 3. The van der Waals surface area contributed by atoms with Gasteiger partial charge in [0.2, 0.25) is 6.10 Å². The zero-order valence-electron chi connectivity index (χ0n) is 13.4. The van der Waals surface area contributed by atoms with Crippen LogP contribution in [0.5, 0.6) is 0 Å². The average Bonchev–Trinajstić information content (AvgIpc) is 2.57. The molecule has 0 saturated carbocycles. The molecule has 2 aromatic carbocycles. The van der Waals surface area contributed by atoms with Crippen molar-refractivity contribution in [3.05, 3.63) is 63.6 Å². The molecule has 1 amide bonds. The highest BCUT2D eigenvalue weighted by atomic mass is 35.5. The minimum atomic E-state index is -0.761. The van der Waals surface area contributed by atoms with Crippen LogP contribution < -0.4 is 5.32 Å². The first-order valence-electron chi connectivity index (χ1n) is 7.53. The molecule has 0 spiro atoms. The second-order valence-corrected chi connectivity index (χ2v) is 6.03. The second kappa shape index (κ2) is 8.71. The van der Waals surface area contributed by atoms with E-state index in [0.717, 1.165) is 12.0 Å². The lowest BCUT2D eigenvalue weighted by Crippen LogP contribution is -2.26. The molecular formula is C18H18Cl2N2O2. The van der Waals surface area contributed by atoms with E-state index in [1.165, 1.54) is 5.56 Å². The summed E-state index contributed by atoms with van der Waals surface area (Å²) in [5.41, 5.74) is 2.63. The Balaban J connectivity index is 1.89. The molecule has 0 aliphatic rings. The van der Waals surface area contributed by atoms with Gasteiger partial charge in [-0.3, -0.25) is 4.79 Å². The van der Waals surface area contributed by atoms with Gasteiger partial charge >= 0.3 is 0 Å². The van der Waals surface area contributed by atoms with Crippen molar-refractivity contribution >= 4 is 41.0 Å². The Morgan fingerprint density at radius 2 is 1.96 bits per heavy atom. The van der Waals surface area contributed by atoms with Crippen LogP contribution in [-0.2, 0) is 16.1 Å². The number of anilines is 1. The minimum absolute atomic E-state index is 0.349. The number of oxime groups is 1. The van der Waals surface area contributed by atoms with Crippen molar-refractivity contribution in [3.8, 4) is 0 Å². The summed E-state index contributed by atoms with van der Waals surface area (Å²) in [6.45, 7) is 3.70. The summed E-state index contributed by atoms with van der Waals surface area (Å²) in [5.74, 6) is -0.349. The number of rotatable bonds is 6. The van der Waals surface area contributed by atoms with Gasteiger partial charge in [0.1, 0.15) is 0 Å². The van der Waals surface area contributed by atoms with Crippen molar-refractivity contribution < 1.29 is 9.63 Å². The van der Waals surface area contributed by atoms with Gasteiger partial charge < -0.3 is 10.2 Å². The van der Waals surface area contributed by atoms with Crippen molar-refractivity contribution in [1.82, 2.24) is 0 Å². The smallest absolute Gasteiger partial charge is 0.268 e. The van der Waals surface area contributed by atoms with Gasteiger partial charge in [-0.05, 0) is 42.7 Å². The summed E-state index contributed by atoms with van der Waals surface area (Å²) in [7, 11) is 0. The molecule has 4 nitrogen and oxygen atoms in total.